The van der Waals surface area contributed by atoms with Crippen molar-refractivity contribution in [2.24, 2.45) is 10.7 Å². The van der Waals surface area contributed by atoms with Gasteiger partial charge in [0.25, 0.3) is 0 Å². The fourth-order valence-corrected chi connectivity index (χ4v) is 1.34. The van der Waals surface area contributed by atoms with Crippen molar-refractivity contribution < 1.29 is 8.78 Å². The van der Waals surface area contributed by atoms with Gasteiger partial charge in [0.05, 0.1) is 6.54 Å². The topological polar surface area (TPSA) is 50.4 Å². The van der Waals surface area contributed by atoms with Crippen molar-refractivity contribution in [3.63, 3.8) is 0 Å². The van der Waals surface area contributed by atoms with E-state index >= 15 is 0 Å². The van der Waals surface area contributed by atoms with Gasteiger partial charge in [0, 0.05) is 6.54 Å². The van der Waals surface area contributed by atoms with E-state index in [0.29, 0.717) is 25.1 Å². The number of halogens is 2. The molecular formula is C13H17F2N3. The van der Waals surface area contributed by atoms with Gasteiger partial charge < -0.3 is 11.1 Å². The fraction of sp³-hybridized carbons (Fsp3) is 0.308. The first-order valence-corrected chi connectivity index (χ1v) is 5.61. The zero-order valence-electron chi connectivity index (χ0n) is 10.3. The summed E-state index contributed by atoms with van der Waals surface area (Å²) in [6.45, 7) is 6.39. The Morgan fingerprint density at radius 2 is 2.17 bits per heavy atom. The van der Waals surface area contributed by atoms with Gasteiger partial charge in [-0.05, 0) is 37.1 Å². The van der Waals surface area contributed by atoms with Gasteiger partial charge in [0.2, 0.25) is 0 Å². The van der Waals surface area contributed by atoms with Crippen molar-refractivity contribution in [1.82, 2.24) is 5.32 Å². The first-order chi connectivity index (χ1) is 8.49. The van der Waals surface area contributed by atoms with E-state index in [-0.39, 0.29) is 5.96 Å². The second kappa shape index (κ2) is 6.74. The van der Waals surface area contributed by atoms with Crippen LogP contribution in [0.3, 0.4) is 0 Å². The van der Waals surface area contributed by atoms with E-state index in [2.05, 4.69) is 16.9 Å². The standard InChI is InChI=1S/C13H17F2N3/c1-9(2)8-18-13(16)17-6-5-10-7-11(14)3-4-12(10)15/h3-4,7H,1,5-6,8H2,2H3,(H3,16,17,18). The van der Waals surface area contributed by atoms with Crippen LogP contribution in [0.4, 0.5) is 8.78 Å². The molecule has 0 atom stereocenters. The second-order valence-electron chi connectivity index (χ2n) is 4.07. The van der Waals surface area contributed by atoms with Crippen LogP contribution in [0.5, 0.6) is 0 Å². The van der Waals surface area contributed by atoms with E-state index in [1.54, 1.807) is 0 Å². The van der Waals surface area contributed by atoms with E-state index in [1.807, 2.05) is 6.92 Å². The number of guanidine groups is 1. The van der Waals surface area contributed by atoms with Crippen LogP contribution in [0, 0.1) is 11.6 Å². The van der Waals surface area contributed by atoms with Crippen LogP contribution in [0.1, 0.15) is 12.5 Å². The number of aliphatic imine (C=N–C) groups is 1. The Morgan fingerprint density at radius 1 is 1.44 bits per heavy atom. The first kappa shape index (κ1) is 14.2. The number of hydrogen-bond donors (Lipinski definition) is 2. The molecular weight excluding hydrogens is 236 g/mol. The molecule has 3 N–H and O–H groups in total. The third-order valence-corrected chi connectivity index (χ3v) is 2.23. The Hall–Kier alpha value is -1.91. The van der Waals surface area contributed by atoms with Crippen LogP contribution in [-0.4, -0.2) is 19.0 Å². The molecule has 0 fully saturated rings. The second-order valence-corrected chi connectivity index (χ2v) is 4.07. The van der Waals surface area contributed by atoms with Crippen molar-refractivity contribution in [1.29, 1.82) is 0 Å². The summed E-state index contributed by atoms with van der Waals surface area (Å²) in [6.07, 6.45) is 0.340. The van der Waals surface area contributed by atoms with Gasteiger partial charge in [-0.1, -0.05) is 12.2 Å². The Labute approximate surface area is 105 Å². The Morgan fingerprint density at radius 3 is 2.83 bits per heavy atom. The van der Waals surface area contributed by atoms with Gasteiger partial charge in [-0.15, -0.1) is 0 Å². The molecule has 0 bridgehead atoms. The quantitative estimate of drug-likeness (QED) is 0.479. The third kappa shape index (κ3) is 4.95. The zero-order chi connectivity index (χ0) is 13.5. The maximum atomic E-state index is 13.3. The average molecular weight is 253 g/mol. The van der Waals surface area contributed by atoms with Crippen LogP contribution >= 0.6 is 0 Å². The summed E-state index contributed by atoms with van der Waals surface area (Å²) in [6, 6.07) is 3.39. The minimum absolute atomic E-state index is 0.273. The number of nitrogens with zero attached hydrogens (tertiary/aromatic N) is 1. The number of hydrogen-bond acceptors (Lipinski definition) is 1. The number of nitrogens with one attached hydrogen (secondary N) is 1. The third-order valence-electron chi connectivity index (χ3n) is 2.23. The summed E-state index contributed by atoms with van der Waals surface area (Å²) in [5.41, 5.74) is 6.80. The summed E-state index contributed by atoms with van der Waals surface area (Å²) >= 11 is 0. The number of rotatable bonds is 5. The molecule has 0 aromatic heterocycles. The molecule has 5 heteroatoms. The lowest BCUT2D eigenvalue weighted by atomic mass is 10.1. The fourth-order valence-electron chi connectivity index (χ4n) is 1.34. The van der Waals surface area contributed by atoms with Gasteiger partial charge in [0.1, 0.15) is 11.6 Å². The summed E-state index contributed by atoms with van der Waals surface area (Å²) in [5, 5.41) is 2.83. The average Bonchev–Trinajstić information content (AvgIpc) is 2.31. The van der Waals surface area contributed by atoms with Gasteiger partial charge in [0.15, 0.2) is 5.96 Å². The lowest BCUT2D eigenvalue weighted by Crippen LogP contribution is -2.33. The highest BCUT2D eigenvalue weighted by atomic mass is 19.1. The molecule has 18 heavy (non-hydrogen) atoms. The molecule has 0 heterocycles. The summed E-state index contributed by atoms with van der Waals surface area (Å²) in [5.74, 6) is -0.597. The maximum absolute atomic E-state index is 13.3. The normalized spacial score (nSPS) is 11.4. The molecule has 0 unspecified atom stereocenters. The smallest absolute Gasteiger partial charge is 0.188 e. The van der Waals surface area contributed by atoms with Crippen molar-refractivity contribution in [3.8, 4) is 0 Å². The van der Waals surface area contributed by atoms with E-state index in [4.69, 9.17) is 5.73 Å². The van der Waals surface area contributed by atoms with Crippen LogP contribution in [0.25, 0.3) is 0 Å². The van der Waals surface area contributed by atoms with E-state index < -0.39 is 11.6 Å². The van der Waals surface area contributed by atoms with Gasteiger partial charge >= 0.3 is 0 Å². The zero-order valence-corrected chi connectivity index (χ0v) is 10.3. The highest BCUT2D eigenvalue weighted by Gasteiger charge is 2.03. The summed E-state index contributed by atoms with van der Waals surface area (Å²) in [4.78, 5) is 4.01. The molecule has 0 aliphatic heterocycles. The van der Waals surface area contributed by atoms with Crippen molar-refractivity contribution in [2.45, 2.75) is 13.3 Å². The Kier molecular flexibility index (Phi) is 5.30. The molecule has 0 aliphatic carbocycles. The van der Waals surface area contributed by atoms with E-state index in [9.17, 15) is 8.78 Å². The first-order valence-electron chi connectivity index (χ1n) is 5.61. The minimum Gasteiger partial charge on any atom is -0.370 e. The molecule has 0 saturated carbocycles. The van der Waals surface area contributed by atoms with Crippen LogP contribution in [0.15, 0.2) is 35.3 Å². The minimum atomic E-state index is -0.449. The lowest BCUT2D eigenvalue weighted by molar-refractivity contribution is 0.583. The Bertz CT molecular complexity index is 456. The van der Waals surface area contributed by atoms with Gasteiger partial charge in [-0.2, -0.15) is 0 Å². The van der Waals surface area contributed by atoms with Gasteiger partial charge in [-0.3, -0.25) is 0 Å². The summed E-state index contributed by atoms with van der Waals surface area (Å²) in [7, 11) is 0. The maximum Gasteiger partial charge on any atom is 0.188 e. The van der Waals surface area contributed by atoms with Crippen LogP contribution < -0.4 is 11.1 Å². The van der Waals surface area contributed by atoms with Gasteiger partial charge in [-0.25, -0.2) is 13.8 Å². The van der Waals surface area contributed by atoms with Crippen molar-refractivity contribution in [2.75, 3.05) is 13.1 Å². The molecule has 3 nitrogen and oxygen atoms in total. The molecule has 98 valence electrons. The molecule has 0 saturated heterocycles. The number of benzene rings is 1. The van der Waals surface area contributed by atoms with Crippen molar-refractivity contribution in [3.05, 3.63) is 47.5 Å². The lowest BCUT2D eigenvalue weighted by Gasteiger charge is -2.06. The highest BCUT2D eigenvalue weighted by molar-refractivity contribution is 5.77. The molecule has 0 spiro atoms. The monoisotopic (exact) mass is 253 g/mol. The Balaban J connectivity index is 2.44. The summed E-state index contributed by atoms with van der Waals surface area (Å²) < 4.78 is 26.2. The van der Waals surface area contributed by atoms with Crippen molar-refractivity contribution >= 4 is 5.96 Å². The molecule has 1 aromatic carbocycles. The predicted octanol–water partition coefficient (Wildman–Crippen LogP) is 1.99. The molecule has 0 amide bonds. The predicted molar refractivity (Wildman–Crippen MR) is 69.4 cm³/mol. The highest BCUT2D eigenvalue weighted by Crippen LogP contribution is 2.09. The molecule has 1 aromatic rings. The van der Waals surface area contributed by atoms with E-state index in [1.165, 1.54) is 6.07 Å². The molecule has 0 aliphatic rings. The SMILES string of the molecule is C=C(C)CN=C(N)NCCc1cc(F)ccc1F. The van der Waals surface area contributed by atoms with Crippen LogP contribution in [0.2, 0.25) is 0 Å². The largest absolute Gasteiger partial charge is 0.370 e. The molecule has 0 radical (unpaired) electrons. The van der Waals surface area contributed by atoms with E-state index in [0.717, 1.165) is 17.7 Å². The van der Waals surface area contributed by atoms with Crippen LogP contribution in [-0.2, 0) is 6.42 Å². The molecule has 1 rings (SSSR count). The number of nitrogens with two attached hydrogens (primary N) is 1.